The average molecular weight is 461 g/mol. The van der Waals surface area contributed by atoms with E-state index in [1.807, 2.05) is 62.4 Å². The summed E-state index contributed by atoms with van der Waals surface area (Å²) in [6, 6.07) is 22.0. The largest absolute Gasteiger partial charge is 0.513 e. The first-order chi connectivity index (χ1) is 16.5. The molecule has 0 saturated heterocycles. The number of carbonyl (C=O) groups excluding carboxylic acids is 2. The van der Waals surface area contributed by atoms with Crippen molar-refractivity contribution >= 4 is 12.1 Å². The molecule has 0 aliphatic heterocycles. The number of benzene rings is 3. The monoisotopic (exact) mass is 460 g/mol. The van der Waals surface area contributed by atoms with Gasteiger partial charge in [0, 0.05) is 0 Å². The molecule has 0 fully saturated rings. The third kappa shape index (κ3) is 7.48. The van der Waals surface area contributed by atoms with Crippen molar-refractivity contribution in [1.82, 2.24) is 0 Å². The maximum atomic E-state index is 12.4. The Morgan fingerprint density at radius 1 is 0.765 bits per heavy atom. The van der Waals surface area contributed by atoms with Gasteiger partial charge in [-0.05, 0) is 71.8 Å². The summed E-state index contributed by atoms with van der Waals surface area (Å²) in [5.41, 5.74) is 3.65. The minimum absolute atomic E-state index is 0.299. The van der Waals surface area contributed by atoms with E-state index in [0.29, 0.717) is 29.6 Å². The first kappa shape index (κ1) is 25.0. The molecule has 0 amide bonds. The third-order valence-corrected chi connectivity index (χ3v) is 5.64. The summed E-state index contributed by atoms with van der Waals surface area (Å²) in [7, 11) is 0. The van der Waals surface area contributed by atoms with Crippen LogP contribution in [0.5, 0.6) is 11.5 Å². The number of unbranched alkanes of at least 4 members (excludes halogenated alkanes) is 1. The number of hydrogen-bond donors (Lipinski definition) is 0. The highest BCUT2D eigenvalue weighted by Crippen LogP contribution is 2.25. The first-order valence-corrected chi connectivity index (χ1v) is 11.8. The summed E-state index contributed by atoms with van der Waals surface area (Å²) in [5.74, 6) is 0.821. The van der Waals surface area contributed by atoms with Gasteiger partial charge in [0.1, 0.15) is 11.5 Å². The molecule has 0 heterocycles. The Balaban J connectivity index is 1.54. The topological polar surface area (TPSA) is 61.8 Å². The second-order valence-corrected chi connectivity index (χ2v) is 8.42. The van der Waals surface area contributed by atoms with Crippen LogP contribution in [0.4, 0.5) is 4.79 Å². The minimum atomic E-state index is -0.699. The van der Waals surface area contributed by atoms with Gasteiger partial charge >= 0.3 is 12.1 Å². The maximum absolute atomic E-state index is 12.4. The number of rotatable bonds is 10. The number of carbonyl (C=O) groups is 2. The van der Waals surface area contributed by atoms with Crippen molar-refractivity contribution < 1.29 is 23.8 Å². The van der Waals surface area contributed by atoms with Crippen LogP contribution in [0, 0.1) is 5.92 Å². The Morgan fingerprint density at radius 2 is 1.32 bits per heavy atom. The molecule has 0 bridgehead atoms. The van der Waals surface area contributed by atoms with Crippen molar-refractivity contribution in [2.75, 3.05) is 6.61 Å². The van der Waals surface area contributed by atoms with E-state index in [4.69, 9.17) is 14.2 Å². The van der Waals surface area contributed by atoms with Gasteiger partial charge in [0.15, 0.2) is 0 Å². The van der Waals surface area contributed by atoms with Gasteiger partial charge in [0.25, 0.3) is 0 Å². The molecule has 0 aliphatic rings. The van der Waals surface area contributed by atoms with Crippen molar-refractivity contribution in [3.8, 4) is 22.6 Å². The fourth-order valence-corrected chi connectivity index (χ4v) is 3.24. The Kier molecular flexibility index (Phi) is 9.27. The van der Waals surface area contributed by atoms with Crippen molar-refractivity contribution in [3.05, 3.63) is 83.9 Å². The summed E-state index contributed by atoms with van der Waals surface area (Å²) in [6.07, 6.45) is 3.53. The van der Waals surface area contributed by atoms with Crippen LogP contribution in [0.15, 0.2) is 72.8 Å². The second-order valence-electron chi connectivity index (χ2n) is 8.42. The molecule has 178 valence electrons. The van der Waals surface area contributed by atoms with Gasteiger partial charge in [-0.15, -0.1) is 0 Å². The molecule has 1 unspecified atom stereocenters. The van der Waals surface area contributed by atoms with Crippen LogP contribution >= 0.6 is 0 Å². The van der Waals surface area contributed by atoms with Crippen molar-refractivity contribution in [2.24, 2.45) is 5.92 Å². The van der Waals surface area contributed by atoms with Crippen LogP contribution in [0.25, 0.3) is 11.1 Å². The van der Waals surface area contributed by atoms with E-state index in [2.05, 4.69) is 6.92 Å². The molecule has 0 aromatic heterocycles. The molecule has 3 aromatic rings. The lowest BCUT2D eigenvalue weighted by molar-refractivity contribution is 0.0734. The van der Waals surface area contributed by atoms with Crippen LogP contribution in [0.1, 0.15) is 56.0 Å². The number of hydrogen-bond acceptors (Lipinski definition) is 5. The summed E-state index contributed by atoms with van der Waals surface area (Å²) >= 11 is 0. The Labute approximate surface area is 201 Å². The zero-order valence-corrected chi connectivity index (χ0v) is 20.1. The third-order valence-electron chi connectivity index (χ3n) is 5.64. The van der Waals surface area contributed by atoms with Crippen LogP contribution in [-0.4, -0.2) is 18.7 Å². The molecule has 0 N–H and O–H groups in total. The van der Waals surface area contributed by atoms with Crippen LogP contribution < -0.4 is 9.47 Å². The number of aryl methyl sites for hydroxylation is 1. The summed E-state index contributed by atoms with van der Waals surface area (Å²) in [5, 5.41) is 0. The average Bonchev–Trinajstić information content (AvgIpc) is 2.87. The molecule has 5 nitrogen and oxygen atoms in total. The lowest BCUT2D eigenvalue weighted by Crippen LogP contribution is -2.15. The van der Waals surface area contributed by atoms with Gasteiger partial charge in [-0.2, -0.15) is 0 Å². The fraction of sp³-hybridized carbons (Fsp3) is 0.310. The summed E-state index contributed by atoms with van der Waals surface area (Å²) < 4.78 is 15.8. The summed E-state index contributed by atoms with van der Waals surface area (Å²) in [6.45, 7) is 6.56. The zero-order chi connectivity index (χ0) is 24.3. The molecule has 3 rings (SSSR count). The van der Waals surface area contributed by atoms with Crippen molar-refractivity contribution in [3.63, 3.8) is 0 Å². The van der Waals surface area contributed by atoms with Gasteiger partial charge in [-0.1, -0.05) is 70.0 Å². The standard InChI is InChI=1S/C29H32O5/c1-4-6-7-22-8-10-25(11-9-22)28(30)33-26-16-12-23(13-17-26)24-14-18-27(19-15-24)34-29(31)32-20-21(3)5-2/h8-19,21H,4-7,20H2,1-3H3. The SMILES string of the molecule is CCCCc1ccc(C(=O)Oc2ccc(-c3ccc(OC(=O)OCC(C)CC)cc3)cc2)cc1. The predicted molar refractivity (Wildman–Crippen MR) is 133 cm³/mol. The van der Waals surface area contributed by atoms with Crippen LogP contribution in [0.2, 0.25) is 0 Å². The number of esters is 1. The highest BCUT2D eigenvalue weighted by Gasteiger charge is 2.11. The summed E-state index contributed by atoms with van der Waals surface area (Å²) in [4.78, 5) is 24.2. The number of ether oxygens (including phenoxy) is 3. The Bertz CT molecular complexity index is 1050. The molecule has 1 atom stereocenters. The first-order valence-electron chi connectivity index (χ1n) is 11.8. The molecule has 34 heavy (non-hydrogen) atoms. The molecular weight excluding hydrogens is 428 g/mol. The van der Waals surface area contributed by atoms with Gasteiger partial charge < -0.3 is 14.2 Å². The molecule has 0 aliphatic carbocycles. The van der Waals surface area contributed by atoms with E-state index >= 15 is 0 Å². The second kappa shape index (κ2) is 12.6. The van der Waals surface area contributed by atoms with Crippen LogP contribution in [0.3, 0.4) is 0 Å². The highest BCUT2D eigenvalue weighted by molar-refractivity contribution is 5.91. The molecule has 0 radical (unpaired) electrons. The molecule has 5 heteroatoms. The smallest absolute Gasteiger partial charge is 0.434 e. The van der Waals surface area contributed by atoms with Crippen molar-refractivity contribution in [2.45, 2.75) is 46.5 Å². The molecule has 0 saturated carbocycles. The van der Waals surface area contributed by atoms with E-state index in [-0.39, 0.29) is 5.97 Å². The van der Waals surface area contributed by atoms with E-state index in [0.717, 1.165) is 36.8 Å². The Hall–Kier alpha value is -3.60. The fourth-order valence-electron chi connectivity index (χ4n) is 3.24. The van der Waals surface area contributed by atoms with Crippen molar-refractivity contribution in [1.29, 1.82) is 0 Å². The lowest BCUT2D eigenvalue weighted by Gasteiger charge is -2.10. The van der Waals surface area contributed by atoms with Gasteiger partial charge in [0.2, 0.25) is 0 Å². The van der Waals surface area contributed by atoms with E-state index < -0.39 is 6.16 Å². The van der Waals surface area contributed by atoms with Gasteiger partial charge in [0.05, 0.1) is 12.2 Å². The molecule has 3 aromatic carbocycles. The van der Waals surface area contributed by atoms with E-state index in [1.54, 1.807) is 24.3 Å². The molecule has 0 spiro atoms. The quantitative estimate of drug-likeness (QED) is 0.178. The predicted octanol–water partition coefficient (Wildman–Crippen LogP) is 7.48. The maximum Gasteiger partial charge on any atom is 0.513 e. The van der Waals surface area contributed by atoms with E-state index in [9.17, 15) is 9.59 Å². The Morgan fingerprint density at radius 3 is 1.85 bits per heavy atom. The van der Waals surface area contributed by atoms with Crippen LogP contribution in [-0.2, 0) is 11.2 Å². The normalized spacial score (nSPS) is 11.5. The molecular formula is C29H32O5. The lowest BCUT2D eigenvalue weighted by atomic mass is 10.1. The van der Waals surface area contributed by atoms with Gasteiger partial charge in [-0.3, -0.25) is 0 Å². The van der Waals surface area contributed by atoms with Gasteiger partial charge in [-0.25, -0.2) is 9.59 Å². The minimum Gasteiger partial charge on any atom is -0.434 e. The zero-order valence-electron chi connectivity index (χ0n) is 20.1. The van der Waals surface area contributed by atoms with E-state index in [1.165, 1.54) is 5.56 Å². The highest BCUT2D eigenvalue weighted by atomic mass is 16.7.